The summed E-state index contributed by atoms with van der Waals surface area (Å²) in [7, 11) is 0. The molecule has 1 aromatic heterocycles. The van der Waals surface area contributed by atoms with Crippen LogP contribution < -0.4 is 4.90 Å². The maximum atomic E-state index is 12.8. The molecule has 0 saturated carbocycles. The zero-order valence-corrected chi connectivity index (χ0v) is 13.0. The number of carbonyl (C=O) groups excluding carboxylic acids is 1. The van der Waals surface area contributed by atoms with E-state index >= 15 is 0 Å². The van der Waals surface area contributed by atoms with Gasteiger partial charge < -0.3 is 4.90 Å². The van der Waals surface area contributed by atoms with Crippen molar-refractivity contribution < 1.29 is 4.79 Å². The standard InChI is InChI=1S/C17H19NOS/c1-4-15-11(2)9-16(20-15)17(19)18-12(3)10-13-7-5-6-8-14(13)18/h5-9,12H,4,10H2,1-3H3. The lowest BCUT2D eigenvalue weighted by atomic mass is 10.1. The smallest absolute Gasteiger partial charge is 0.268 e. The molecule has 0 fully saturated rings. The number of hydrogen-bond donors (Lipinski definition) is 0. The van der Waals surface area contributed by atoms with Crippen molar-refractivity contribution in [2.45, 2.75) is 39.7 Å². The quantitative estimate of drug-likeness (QED) is 0.809. The highest BCUT2D eigenvalue weighted by Gasteiger charge is 2.32. The Labute approximate surface area is 124 Å². The number of benzene rings is 1. The molecule has 1 aliphatic rings. The summed E-state index contributed by atoms with van der Waals surface area (Å²) in [4.78, 5) is 17.0. The van der Waals surface area contributed by atoms with E-state index in [2.05, 4.69) is 32.9 Å². The first-order chi connectivity index (χ1) is 9.61. The molecular weight excluding hydrogens is 266 g/mol. The van der Waals surface area contributed by atoms with Crippen LogP contribution in [0.25, 0.3) is 0 Å². The van der Waals surface area contributed by atoms with Crippen molar-refractivity contribution in [1.82, 2.24) is 0 Å². The number of rotatable bonds is 2. The first-order valence-electron chi connectivity index (χ1n) is 7.12. The molecule has 3 rings (SSSR count). The third-order valence-electron chi connectivity index (χ3n) is 3.98. The number of amides is 1. The molecule has 20 heavy (non-hydrogen) atoms. The molecule has 0 bridgehead atoms. The molecule has 0 N–H and O–H groups in total. The van der Waals surface area contributed by atoms with Gasteiger partial charge in [-0.05, 0) is 49.9 Å². The lowest BCUT2D eigenvalue weighted by Crippen LogP contribution is -2.35. The van der Waals surface area contributed by atoms with Gasteiger partial charge in [-0.15, -0.1) is 11.3 Å². The van der Waals surface area contributed by atoms with Gasteiger partial charge >= 0.3 is 0 Å². The number of aryl methyl sites for hydroxylation is 2. The van der Waals surface area contributed by atoms with Crippen molar-refractivity contribution in [3.63, 3.8) is 0 Å². The molecule has 0 saturated heterocycles. The second-order valence-corrected chi connectivity index (χ2v) is 6.56. The highest BCUT2D eigenvalue weighted by molar-refractivity contribution is 7.14. The first-order valence-corrected chi connectivity index (χ1v) is 7.94. The molecule has 0 spiro atoms. The Morgan fingerprint density at radius 3 is 2.85 bits per heavy atom. The molecule has 1 aliphatic heterocycles. The van der Waals surface area contributed by atoms with Gasteiger partial charge in [0.2, 0.25) is 0 Å². The second-order valence-electron chi connectivity index (χ2n) is 5.43. The number of carbonyl (C=O) groups is 1. The third-order valence-corrected chi connectivity index (χ3v) is 5.35. The molecule has 0 radical (unpaired) electrons. The summed E-state index contributed by atoms with van der Waals surface area (Å²) in [5.74, 6) is 0.148. The van der Waals surface area contributed by atoms with Crippen LogP contribution in [0.1, 0.15) is 39.5 Å². The molecule has 1 atom stereocenters. The van der Waals surface area contributed by atoms with E-state index < -0.39 is 0 Å². The molecule has 2 aromatic rings. The molecule has 1 aromatic carbocycles. The van der Waals surface area contributed by atoms with E-state index in [1.165, 1.54) is 16.0 Å². The van der Waals surface area contributed by atoms with Gasteiger partial charge in [0.05, 0.1) is 4.88 Å². The Morgan fingerprint density at radius 2 is 2.15 bits per heavy atom. The summed E-state index contributed by atoms with van der Waals surface area (Å²) in [5.41, 5.74) is 3.59. The fraction of sp³-hybridized carbons (Fsp3) is 0.353. The topological polar surface area (TPSA) is 20.3 Å². The highest BCUT2D eigenvalue weighted by atomic mass is 32.1. The van der Waals surface area contributed by atoms with Crippen LogP contribution in [0.3, 0.4) is 0 Å². The fourth-order valence-electron chi connectivity index (χ4n) is 2.97. The molecule has 0 aliphatic carbocycles. The zero-order chi connectivity index (χ0) is 14.3. The summed E-state index contributed by atoms with van der Waals surface area (Å²) < 4.78 is 0. The minimum Gasteiger partial charge on any atom is -0.304 e. The molecule has 1 amide bonds. The minimum atomic E-state index is 0.148. The lowest BCUT2D eigenvalue weighted by Gasteiger charge is -2.21. The van der Waals surface area contributed by atoms with Crippen LogP contribution >= 0.6 is 11.3 Å². The van der Waals surface area contributed by atoms with E-state index in [0.717, 1.165) is 23.4 Å². The molecule has 1 unspecified atom stereocenters. The average Bonchev–Trinajstić information content (AvgIpc) is 2.97. The fourth-order valence-corrected chi connectivity index (χ4v) is 4.02. The Bertz CT molecular complexity index is 659. The molecule has 3 heteroatoms. The number of fused-ring (bicyclic) bond motifs is 1. The second kappa shape index (κ2) is 5.06. The summed E-state index contributed by atoms with van der Waals surface area (Å²) in [6.45, 7) is 6.35. The molecular formula is C17H19NOS. The summed E-state index contributed by atoms with van der Waals surface area (Å²) in [6, 6.07) is 10.5. The first kappa shape index (κ1) is 13.4. The maximum Gasteiger partial charge on any atom is 0.268 e. The van der Waals surface area contributed by atoms with Gasteiger partial charge in [-0.25, -0.2) is 0 Å². The van der Waals surface area contributed by atoms with Crippen molar-refractivity contribution >= 4 is 22.9 Å². The van der Waals surface area contributed by atoms with Crippen molar-refractivity contribution in [2.24, 2.45) is 0 Å². The van der Waals surface area contributed by atoms with Gasteiger partial charge in [0.25, 0.3) is 5.91 Å². The zero-order valence-electron chi connectivity index (χ0n) is 12.1. The Hall–Kier alpha value is -1.61. The summed E-state index contributed by atoms with van der Waals surface area (Å²) in [6.07, 6.45) is 1.95. The molecule has 2 nitrogen and oxygen atoms in total. The van der Waals surface area contributed by atoms with Crippen molar-refractivity contribution in [1.29, 1.82) is 0 Å². The number of para-hydroxylation sites is 1. The number of anilines is 1. The van der Waals surface area contributed by atoms with Crippen molar-refractivity contribution in [2.75, 3.05) is 4.90 Å². The van der Waals surface area contributed by atoms with E-state index in [-0.39, 0.29) is 11.9 Å². The number of nitrogens with zero attached hydrogens (tertiary/aromatic N) is 1. The van der Waals surface area contributed by atoms with Gasteiger partial charge in [-0.3, -0.25) is 4.79 Å². The molecule has 104 valence electrons. The van der Waals surface area contributed by atoms with E-state index in [0.29, 0.717) is 0 Å². The Balaban J connectivity index is 1.98. The Morgan fingerprint density at radius 1 is 1.40 bits per heavy atom. The summed E-state index contributed by atoms with van der Waals surface area (Å²) in [5, 5.41) is 0. The highest BCUT2D eigenvalue weighted by Crippen LogP contribution is 2.34. The van der Waals surface area contributed by atoms with E-state index in [1.54, 1.807) is 11.3 Å². The van der Waals surface area contributed by atoms with Crippen LogP contribution in [0, 0.1) is 6.92 Å². The van der Waals surface area contributed by atoms with Crippen molar-refractivity contribution in [3.8, 4) is 0 Å². The maximum absolute atomic E-state index is 12.8. The predicted molar refractivity (Wildman–Crippen MR) is 84.9 cm³/mol. The largest absolute Gasteiger partial charge is 0.304 e. The van der Waals surface area contributed by atoms with Crippen LogP contribution in [-0.4, -0.2) is 11.9 Å². The lowest BCUT2D eigenvalue weighted by molar-refractivity contribution is 0.0985. The van der Waals surface area contributed by atoms with E-state index in [4.69, 9.17) is 0 Å². The van der Waals surface area contributed by atoms with Crippen LogP contribution in [0.15, 0.2) is 30.3 Å². The minimum absolute atomic E-state index is 0.148. The molecule has 2 heterocycles. The summed E-state index contributed by atoms with van der Waals surface area (Å²) >= 11 is 1.64. The van der Waals surface area contributed by atoms with E-state index in [9.17, 15) is 4.79 Å². The van der Waals surface area contributed by atoms with Crippen molar-refractivity contribution in [3.05, 3.63) is 51.2 Å². The predicted octanol–water partition coefficient (Wildman–Crippen LogP) is 4.21. The monoisotopic (exact) mass is 285 g/mol. The normalized spacial score (nSPS) is 17.4. The number of thiophene rings is 1. The van der Waals surface area contributed by atoms with Gasteiger partial charge in [-0.2, -0.15) is 0 Å². The third kappa shape index (κ3) is 2.06. The van der Waals surface area contributed by atoms with Crippen LogP contribution in [0.2, 0.25) is 0 Å². The van der Waals surface area contributed by atoms with E-state index in [1.807, 2.05) is 23.1 Å². The van der Waals surface area contributed by atoms with Crippen LogP contribution in [0.4, 0.5) is 5.69 Å². The Kier molecular flexibility index (Phi) is 3.38. The average molecular weight is 285 g/mol. The van der Waals surface area contributed by atoms with Gasteiger partial charge in [-0.1, -0.05) is 25.1 Å². The van der Waals surface area contributed by atoms with Crippen LogP contribution in [0.5, 0.6) is 0 Å². The van der Waals surface area contributed by atoms with Crippen LogP contribution in [-0.2, 0) is 12.8 Å². The van der Waals surface area contributed by atoms with Gasteiger partial charge in [0.1, 0.15) is 0 Å². The number of hydrogen-bond acceptors (Lipinski definition) is 2. The van der Waals surface area contributed by atoms with Gasteiger partial charge in [0, 0.05) is 16.6 Å². The van der Waals surface area contributed by atoms with Gasteiger partial charge in [0.15, 0.2) is 0 Å². The SMILES string of the molecule is CCc1sc(C(=O)N2c3ccccc3CC2C)cc1C.